The zero-order valence-electron chi connectivity index (χ0n) is 16.2. The van der Waals surface area contributed by atoms with Crippen molar-refractivity contribution in [1.82, 2.24) is 13.7 Å². The zero-order chi connectivity index (χ0) is 19.7. The Morgan fingerprint density at radius 1 is 0.852 bits per heavy atom. The van der Waals surface area contributed by atoms with Crippen LogP contribution in [0.15, 0.2) is 14.4 Å². The summed E-state index contributed by atoms with van der Waals surface area (Å²) in [7, 11) is 0. The first-order chi connectivity index (χ1) is 12.8. The molecule has 2 saturated heterocycles. The average molecular weight is 383 g/mol. The van der Waals surface area contributed by atoms with Gasteiger partial charge in [0.25, 0.3) is 0 Å². The fraction of sp³-hybridized carbons (Fsp3) is 0.833. The molecule has 0 spiro atoms. The Morgan fingerprint density at radius 2 is 1.22 bits per heavy atom. The summed E-state index contributed by atoms with van der Waals surface area (Å²) in [6, 6.07) is 0. The van der Waals surface area contributed by atoms with Gasteiger partial charge in [-0.2, -0.15) is 0 Å². The molecule has 5 atom stereocenters. The Hall–Kier alpha value is -1.71. The van der Waals surface area contributed by atoms with Gasteiger partial charge in [-0.3, -0.25) is 0 Å². The first kappa shape index (κ1) is 20.0. The minimum atomic E-state index is -0.617. The number of aliphatic hydroxyl groups excluding tert-OH is 1. The highest BCUT2D eigenvalue weighted by molar-refractivity contribution is 4.85. The van der Waals surface area contributed by atoms with E-state index in [-0.39, 0.29) is 50.5 Å². The number of aromatic nitrogens is 3. The van der Waals surface area contributed by atoms with E-state index in [1.54, 1.807) is 0 Å². The Kier molecular flexibility index (Phi) is 6.02. The molecular formula is C18H29N3O6. The molecule has 0 amide bonds. The Bertz CT molecular complexity index is 713. The first-order valence-electron chi connectivity index (χ1n) is 9.77. The van der Waals surface area contributed by atoms with Gasteiger partial charge >= 0.3 is 17.1 Å². The molecule has 3 rings (SSSR count). The van der Waals surface area contributed by atoms with Gasteiger partial charge in [0.15, 0.2) is 0 Å². The van der Waals surface area contributed by atoms with Crippen molar-refractivity contribution in [2.45, 2.75) is 96.6 Å². The van der Waals surface area contributed by atoms with Gasteiger partial charge in [0.1, 0.15) is 0 Å². The zero-order valence-corrected chi connectivity index (χ0v) is 16.2. The van der Waals surface area contributed by atoms with Gasteiger partial charge in [-0.05, 0) is 39.5 Å². The highest BCUT2D eigenvalue weighted by Crippen LogP contribution is 2.25. The molecule has 0 saturated carbocycles. The summed E-state index contributed by atoms with van der Waals surface area (Å²) >= 11 is 0. The van der Waals surface area contributed by atoms with Crippen LogP contribution in [0.5, 0.6) is 0 Å². The fourth-order valence-electron chi connectivity index (χ4n) is 3.32. The second-order valence-electron chi connectivity index (χ2n) is 7.49. The van der Waals surface area contributed by atoms with Crippen LogP contribution in [-0.4, -0.2) is 49.3 Å². The van der Waals surface area contributed by atoms with Crippen molar-refractivity contribution in [3.05, 3.63) is 31.5 Å². The highest BCUT2D eigenvalue weighted by atomic mass is 16.6. The van der Waals surface area contributed by atoms with Crippen LogP contribution in [-0.2, 0) is 29.1 Å². The van der Waals surface area contributed by atoms with Crippen molar-refractivity contribution in [2.24, 2.45) is 0 Å². The number of aliphatic hydroxyl groups is 1. The standard InChI is InChI=1S/C18H29N3O6/c1-4-13(22)5-8-19-16(23)20(9-6-14-11(2)26-14)18(25)21(17(19)24)10-7-15-12(3)27-15/h11-15,22H,4-10H2,1-3H3. The monoisotopic (exact) mass is 383 g/mol. The van der Waals surface area contributed by atoms with Crippen molar-refractivity contribution >= 4 is 0 Å². The third-order valence-electron chi connectivity index (χ3n) is 5.49. The van der Waals surface area contributed by atoms with Crippen molar-refractivity contribution in [1.29, 1.82) is 0 Å². The summed E-state index contributed by atoms with van der Waals surface area (Å²) in [4.78, 5) is 38.3. The number of rotatable bonds is 10. The normalized spacial score (nSPS) is 27.6. The minimum Gasteiger partial charge on any atom is -0.393 e. The number of ether oxygens (including phenoxy) is 2. The number of epoxide rings is 2. The molecule has 0 aliphatic carbocycles. The molecule has 2 aliphatic rings. The lowest BCUT2D eigenvalue weighted by atomic mass is 10.2. The molecule has 2 aliphatic heterocycles. The molecule has 1 N–H and O–H groups in total. The molecule has 1 aromatic heterocycles. The molecule has 0 aromatic carbocycles. The lowest BCUT2D eigenvalue weighted by molar-refractivity contribution is 0.152. The largest absolute Gasteiger partial charge is 0.393 e. The number of nitrogens with zero attached hydrogens (tertiary/aromatic N) is 3. The van der Waals surface area contributed by atoms with Gasteiger partial charge in [-0.15, -0.1) is 0 Å². The summed E-state index contributed by atoms with van der Waals surface area (Å²) < 4.78 is 14.0. The summed E-state index contributed by atoms with van der Waals surface area (Å²) in [6.07, 6.45) is 1.71. The maximum atomic E-state index is 12.8. The second-order valence-corrected chi connectivity index (χ2v) is 7.49. The van der Waals surface area contributed by atoms with E-state index in [0.717, 1.165) is 13.7 Å². The quantitative estimate of drug-likeness (QED) is 0.555. The summed E-state index contributed by atoms with van der Waals surface area (Å²) in [5.41, 5.74) is -1.82. The van der Waals surface area contributed by atoms with Crippen LogP contribution in [0.4, 0.5) is 0 Å². The van der Waals surface area contributed by atoms with Crippen molar-refractivity contribution in [3.8, 4) is 0 Å². The van der Waals surface area contributed by atoms with E-state index in [1.165, 1.54) is 0 Å². The molecule has 27 heavy (non-hydrogen) atoms. The van der Waals surface area contributed by atoms with E-state index in [4.69, 9.17) is 9.47 Å². The van der Waals surface area contributed by atoms with E-state index in [2.05, 4.69) is 0 Å². The van der Waals surface area contributed by atoms with Crippen molar-refractivity contribution < 1.29 is 14.6 Å². The van der Waals surface area contributed by atoms with Crippen LogP contribution in [0, 0.1) is 0 Å². The molecule has 2 fully saturated rings. The molecule has 0 bridgehead atoms. The molecule has 0 radical (unpaired) electrons. The van der Waals surface area contributed by atoms with Gasteiger partial charge < -0.3 is 14.6 Å². The van der Waals surface area contributed by atoms with Crippen LogP contribution >= 0.6 is 0 Å². The molecule has 9 nitrogen and oxygen atoms in total. The number of hydrogen-bond acceptors (Lipinski definition) is 6. The smallest absolute Gasteiger partial charge is 0.336 e. The third-order valence-corrected chi connectivity index (χ3v) is 5.49. The highest BCUT2D eigenvalue weighted by Gasteiger charge is 2.35. The minimum absolute atomic E-state index is 0.0488. The molecule has 3 heterocycles. The van der Waals surface area contributed by atoms with Crippen LogP contribution in [0.1, 0.15) is 46.5 Å². The van der Waals surface area contributed by atoms with E-state index in [1.807, 2.05) is 20.8 Å². The lowest BCUT2D eigenvalue weighted by Gasteiger charge is -2.14. The SMILES string of the molecule is CCC(O)CCn1c(=O)n(CCC2OC2C)c(=O)n(CCC2OC2C)c1=O. The van der Waals surface area contributed by atoms with E-state index < -0.39 is 23.2 Å². The summed E-state index contributed by atoms with van der Waals surface area (Å²) in [5, 5.41) is 9.80. The van der Waals surface area contributed by atoms with Gasteiger partial charge in [0.2, 0.25) is 0 Å². The number of hydrogen-bond donors (Lipinski definition) is 1. The topological polar surface area (TPSA) is 111 Å². The predicted octanol–water partition coefficient (Wildman–Crippen LogP) is -0.312. The van der Waals surface area contributed by atoms with Crippen molar-refractivity contribution in [2.75, 3.05) is 0 Å². The molecule has 152 valence electrons. The maximum Gasteiger partial charge on any atom is 0.336 e. The summed E-state index contributed by atoms with van der Waals surface area (Å²) in [6.45, 7) is 6.21. The van der Waals surface area contributed by atoms with Crippen molar-refractivity contribution in [3.63, 3.8) is 0 Å². The maximum absolute atomic E-state index is 12.8. The second kappa shape index (κ2) is 8.12. The van der Waals surface area contributed by atoms with Crippen LogP contribution in [0.3, 0.4) is 0 Å². The lowest BCUT2D eigenvalue weighted by Crippen LogP contribution is -2.55. The van der Waals surface area contributed by atoms with Gasteiger partial charge in [-0.1, -0.05) is 6.92 Å². The van der Waals surface area contributed by atoms with Gasteiger partial charge in [0, 0.05) is 19.6 Å². The average Bonchev–Trinajstić information content (AvgIpc) is 3.53. The van der Waals surface area contributed by atoms with Crippen LogP contribution in [0.25, 0.3) is 0 Å². The first-order valence-corrected chi connectivity index (χ1v) is 9.77. The van der Waals surface area contributed by atoms with E-state index in [9.17, 15) is 19.5 Å². The summed E-state index contributed by atoms with van der Waals surface area (Å²) in [5.74, 6) is 0. The molecule has 1 aromatic rings. The Balaban J connectivity index is 1.88. The Labute approximate surface area is 157 Å². The molecule has 5 unspecified atom stereocenters. The van der Waals surface area contributed by atoms with Crippen LogP contribution in [0.2, 0.25) is 0 Å². The fourth-order valence-corrected chi connectivity index (χ4v) is 3.32. The Morgan fingerprint density at radius 3 is 1.56 bits per heavy atom. The van der Waals surface area contributed by atoms with Gasteiger partial charge in [0.05, 0.1) is 30.5 Å². The predicted molar refractivity (Wildman–Crippen MR) is 98.0 cm³/mol. The van der Waals surface area contributed by atoms with Gasteiger partial charge in [-0.25, -0.2) is 28.1 Å². The van der Waals surface area contributed by atoms with E-state index in [0.29, 0.717) is 19.3 Å². The van der Waals surface area contributed by atoms with E-state index >= 15 is 0 Å². The molecular weight excluding hydrogens is 354 g/mol. The third kappa shape index (κ3) is 4.59. The van der Waals surface area contributed by atoms with Crippen LogP contribution < -0.4 is 17.1 Å². The molecule has 9 heteroatoms.